The summed E-state index contributed by atoms with van der Waals surface area (Å²) < 4.78 is 119. The fraction of sp³-hybridized carbons (Fsp3) is 0.864. The van der Waals surface area contributed by atoms with Crippen LogP contribution in [0, 0.1) is 35.0 Å². The molecule has 3 aliphatic heterocycles. The molecule has 0 aromatic rings. The third kappa shape index (κ3) is 3.68. The van der Waals surface area contributed by atoms with Gasteiger partial charge >= 0.3 is 39.5 Å². The SMILES string of the molecule is O=C1OC2C(OC(=O)C34CC5CC(CC(C5)C3)C4)C3OC2C1C3C(=O)OC(C(F)(F)F)C(F)(F)S(=O)(=O)O. The lowest BCUT2D eigenvalue weighted by Crippen LogP contribution is -2.56. The number of carbonyl (C=O) groups is 3. The summed E-state index contributed by atoms with van der Waals surface area (Å²) >= 11 is 0. The Bertz CT molecular complexity index is 1150. The first-order valence-electron chi connectivity index (χ1n) is 12.2. The van der Waals surface area contributed by atoms with E-state index in [0.717, 1.165) is 19.3 Å². The van der Waals surface area contributed by atoms with Gasteiger partial charge in [-0.1, -0.05) is 0 Å². The highest BCUT2D eigenvalue weighted by Gasteiger charge is 2.74. The predicted molar refractivity (Wildman–Crippen MR) is 108 cm³/mol. The Labute approximate surface area is 212 Å². The Balaban J connectivity index is 1.24. The highest BCUT2D eigenvalue weighted by Crippen LogP contribution is 2.61. The summed E-state index contributed by atoms with van der Waals surface area (Å²) in [6, 6.07) is 0. The fourth-order valence-corrected chi connectivity index (χ4v) is 8.46. The van der Waals surface area contributed by atoms with Crippen molar-refractivity contribution in [1.29, 1.82) is 0 Å². The highest BCUT2D eigenvalue weighted by molar-refractivity contribution is 7.86. The lowest BCUT2D eigenvalue weighted by Gasteiger charge is -2.55. The number of carbonyl (C=O) groups excluding carboxylic acids is 3. The molecule has 3 heterocycles. The van der Waals surface area contributed by atoms with Gasteiger partial charge in [0.1, 0.15) is 24.0 Å². The van der Waals surface area contributed by atoms with Crippen molar-refractivity contribution in [3.05, 3.63) is 0 Å². The second-order valence-corrected chi connectivity index (χ2v) is 13.0. The maximum absolute atomic E-state index is 14.0. The minimum Gasteiger partial charge on any atom is -0.455 e. The van der Waals surface area contributed by atoms with Crippen molar-refractivity contribution in [2.45, 2.75) is 80.5 Å². The molecule has 0 spiro atoms. The Hall–Kier alpha value is -2.07. The van der Waals surface area contributed by atoms with E-state index in [9.17, 15) is 44.8 Å². The molecule has 7 atom stereocenters. The number of esters is 3. The van der Waals surface area contributed by atoms with Crippen LogP contribution in [0.3, 0.4) is 0 Å². The summed E-state index contributed by atoms with van der Waals surface area (Å²) in [5.41, 5.74) is -0.770. The predicted octanol–water partition coefficient (Wildman–Crippen LogP) is 2.01. The van der Waals surface area contributed by atoms with E-state index in [-0.39, 0.29) is 0 Å². The van der Waals surface area contributed by atoms with Gasteiger partial charge in [-0.05, 0) is 56.3 Å². The van der Waals surface area contributed by atoms with Crippen molar-refractivity contribution in [2.24, 2.45) is 35.0 Å². The van der Waals surface area contributed by atoms with E-state index in [1.54, 1.807) is 0 Å². The van der Waals surface area contributed by atoms with Crippen molar-refractivity contribution in [3.8, 4) is 0 Å². The first kappa shape index (κ1) is 26.2. The summed E-state index contributed by atoms with van der Waals surface area (Å²) in [7, 11) is -6.66. The van der Waals surface area contributed by atoms with Crippen LogP contribution in [0.1, 0.15) is 38.5 Å². The van der Waals surface area contributed by atoms with Crippen molar-refractivity contribution in [1.82, 2.24) is 0 Å². The Morgan fingerprint density at radius 2 is 1.53 bits per heavy atom. The molecule has 212 valence electrons. The van der Waals surface area contributed by atoms with Gasteiger partial charge in [-0.2, -0.15) is 30.4 Å². The monoisotopic (exact) mass is 574 g/mol. The molecule has 38 heavy (non-hydrogen) atoms. The Morgan fingerprint density at radius 1 is 0.974 bits per heavy atom. The van der Waals surface area contributed by atoms with E-state index < -0.39 is 87.2 Å². The van der Waals surface area contributed by atoms with E-state index in [0.29, 0.717) is 37.0 Å². The van der Waals surface area contributed by atoms with Crippen LogP contribution >= 0.6 is 0 Å². The van der Waals surface area contributed by atoms with Crippen molar-refractivity contribution in [2.75, 3.05) is 0 Å². The molecular formula is C22H23F5O10S. The molecule has 1 N–H and O–H groups in total. The lowest BCUT2D eigenvalue weighted by atomic mass is 9.49. The van der Waals surface area contributed by atoms with Crippen LogP contribution in [0.15, 0.2) is 0 Å². The number of alkyl halides is 5. The topological polar surface area (TPSA) is 142 Å². The van der Waals surface area contributed by atoms with Gasteiger partial charge in [-0.3, -0.25) is 18.9 Å². The number of hydrogen-bond donors (Lipinski definition) is 1. The van der Waals surface area contributed by atoms with E-state index in [4.69, 9.17) is 18.8 Å². The van der Waals surface area contributed by atoms with Gasteiger partial charge < -0.3 is 18.9 Å². The summed E-state index contributed by atoms with van der Waals surface area (Å²) in [6.07, 6.45) is -11.1. The van der Waals surface area contributed by atoms with E-state index in [1.165, 1.54) is 0 Å². The molecule has 4 saturated carbocycles. The van der Waals surface area contributed by atoms with E-state index in [1.807, 2.05) is 0 Å². The normalized spacial score (nSPS) is 43.7. The molecule has 7 aliphatic rings. The maximum Gasteiger partial charge on any atom is 0.432 e. The zero-order chi connectivity index (χ0) is 27.6. The van der Waals surface area contributed by atoms with Crippen LogP contribution in [-0.2, 0) is 43.4 Å². The molecule has 7 unspecified atom stereocenters. The quantitative estimate of drug-likeness (QED) is 0.217. The molecule has 10 nitrogen and oxygen atoms in total. The number of hydrogen-bond acceptors (Lipinski definition) is 9. The Morgan fingerprint density at radius 3 is 2.03 bits per heavy atom. The molecule has 3 saturated heterocycles. The summed E-state index contributed by atoms with van der Waals surface area (Å²) in [6.45, 7) is 0. The van der Waals surface area contributed by atoms with E-state index in [2.05, 4.69) is 4.74 Å². The molecule has 0 radical (unpaired) electrons. The average Bonchev–Trinajstić information content (AvgIpc) is 3.38. The molecule has 7 fully saturated rings. The number of fused-ring (bicyclic) bond motifs is 1. The largest absolute Gasteiger partial charge is 0.455 e. The molecule has 4 aliphatic carbocycles. The maximum atomic E-state index is 14.0. The zero-order valence-corrected chi connectivity index (χ0v) is 20.3. The summed E-state index contributed by atoms with van der Waals surface area (Å²) in [4.78, 5) is 38.7. The van der Waals surface area contributed by atoms with Crippen molar-refractivity contribution in [3.63, 3.8) is 0 Å². The molecule has 0 aromatic heterocycles. The molecule has 16 heteroatoms. The highest BCUT2D eigenvalue weighted by atomic mass is 32.2. The third-order valence-corrected chi connectivity index (χ3v) is 9.97. The van der Waals surface area contributed by atoms with Gasteiger partial charge in [0.15, 0.2) is 12.2 Å². The molecular weight excluding hydrogens is 551 g/mol. The first-order valence-corrected chi connectivity index (χ1v) is 13.6. The van der Waals surface area contributed by atoms with Gasteiger partial charge in [0.2, 0.25) is 0 Å². The van der Waals surface area contributed by atoms with Crippen LogP contribution in [0.5, 0.6) is 0 Å². The second kappa shape index (κ2) is 7.99. The van der Waals surface area contributed by atoms with Crippen molar-refractivity contribution >= 4 is 28.0 Å². The van der Waals surface area contributed by atoms with Crippen LogP contribution in [0.25, 0.3) is 0 Å². The molecule has 7 rings (SSSR count). The molecule has 0 aromatic carbocycles. The lowest BCUT2D eigenvalue weighted by molar-refractivity contribution is -0.261. The van der Waals surface area contributed by atoms with Crippen LogP contribution in [-0.4, -0.2) is 72.8 Å². The minimum absolute atomic E-state index is 0.366. The van der Waals surface area contributed by atoms with Gasteiger partial charge in [0, 0.05) is 0 Å². The van der Waals surface area contributed by atoms with Gasteiger partial charge in [-0.15, -0.1) is 0 Å². The zero-order valence-electron chi connectivity index (χ0n) is 19.4. The van der Waals surface area contributed by atoms with Gasteiger partial charge in [-0.25, -0.2) is 0 Å². The first-order chi connectivity index (χ1) is 17.5. The fourth-order valence-electron chi connectivity index (χ4n) is 8.00. The minimum atomic E-state index is -6.66. The van der Waals surface area contributed by atoms with Gasteiger partial charge in [0.05, 0.1) is 5.41 Å². The standard InChI is InChI=1S/C22H23F5O10S/c23-21(24,25)18(22(26,27)38(31,32)33)37-17(29)11-10-12-14(35-16(10)28)15(13(11)34-12)36-19(30)20-4-7-1-8(5-20)3-9(2-7)6-20/h7-15,18H,1-6H2,(H,31,32,33). The van der Waals surface area contributed by atoms with Gasteiger partial charge in [0.25, 0.3) is 6.10 Å². The average molecular weight is 574 g/mol. The van der Waals surface area contributed by atoms with Crippen LogP contribution in [0.2, 0.25) is 0 Å². The third-order valence-electron chi connectivity index (χ3n) is 9.07. The van der Waals surface area contributed by atoms with Crippen molar-refractivity contribution < 1.29 is 68.3 Å². The molecule has 0 amide bonds. The Kier molecular flexibility index (Phi) is 5.50. The number of ether oxygens (including phenoxy) is 4. The second-order valence-electron chi connectivity index (χ2n) is 11.5. The smallest absolute Gasteiger partial charge is 0.432 e. The molecule has 6 bridgehead atoms. The number of rotatable bonds is 6. The summed E-state index contributed by atoms with van der Waals surface area (Å²) in [5.74, 6) is -6.07. The van der Waals surface area contributed by atoms with Crippen LogP contribution in [0.4, 0.5) is 22.0 Å². The summed E-state index contributed by atoms with van der Waals surface area (Å²) in [5, 5.41) is -5.94. The number of halogens is 5. The van der Waals surface area contributed by atoms with E-state index >= 15 is 0 Å². The van der Waals surface area contributed by atoms with Crippen LogP contribution < -0.4 is 0 Å².